The number of rotatable bonds is 3. The zero-order valence-corrected chi connectivity index (χ0v) is 11.0. The van der Waals surface area contributed by atoms with Gasteiger partial charge in [0.2, 0.25) is 0 Å². The molecule has 0 saturated heterocycles. The molecule has 0 aliphatic rings. The topological polar surface area (TPSA) is 29.3 Å². The monoisotopic (exact) mass is 262 g/mol. The molecule has 0 aromatic heterocycles. The average Bonchev–Trinajstić information content (AvgIpc) is 2.33. The Hall–Kier alpha value is -2.10. The summed E-state index contributed by atoms with van der Waals surface area (Å²) in [6.45, 7) is 2.20. The van der Waals surface area contributed by atoms with Crippen LogP contribution in [0.4, 0.5) is 20.2 Å². The first-order valence-corrected chi connectivity index (χ1v) is 5.98. The SMILES string of the molecule is Cc1cc(N(C)Cc2cccc(F)c2)c(N)cc1F. The van der Waals surface area contributed by atoms with E-state index in [9.17, 15) is 8.78 Å². The number of hydrogen-bond acceptors (Lipinski definition) is 2. The number of aryl methyl sites for hydroxylation is 1. The lowest BCUT2D eigenvalue weighted by Gasteiger charge is -2.22. The van der Waals surface area contributed by atoms with Gasteiger partial charge in [0.15, 0.2) is 0 Å². The fraction of sp³-hybridized carbons (Fsp3) is 0.200. The first-order chi connectivity index (χ1) is 8.97. The van der Waals surface area contributed by atoms with Crippen LogP contribution in [0, 0.1) is 18.6 Å². The molecule has 2 rings (SSSR count). The minimum atomic E-state index is -0.319. The molecule has 0 atom stereocenters. The number of hydrogen-bond donors (Lipinski definition) is 1. The number of benzene rings is 2. The number of halogens is 2. The Morgan fingerprint density at radius 2 is 1.89 bits per heavy atom. The average molecular weight is 262 g/mol. The van der Waals surface area contributed by atoms with E-state index in [4.69, 9.17) is 5.73 Å². The highest BCUT2D eigenvalue weighted by Crippen LogP contribution is 2.26. The van der Waals surface area contributed by atoms with Crippen molar-refractivity contribution in [1.29, 1.82) is 0 Å². The van der Waals surface area contributed by atoms with E-state index < -0.39 is 0 Å². The maximum Gasteiger partial charge on any atom is 0.128 e. The molecular weight excluding hydrogens is 246 g/mol. The van der Waals surface area contributed by atoms with Crippen LogP contribution in [0.5, 0.6) is 0 Å². The molecule has 0 aliphatic carbocycles. The van der Waals surface area contributed by atoms with Crippen molar-refractivity contribution in [2.24, 2.45) is 0 Å². The van der Waals surface area contributed by atoms with E-state index in [1.165, 1.54) is 18.2 Å². The van der Waals surface area contributed by atoms with Crippen molar-refractivity contribution in [1.82, 2.24) is 0 Å². The predicted molar refractivity (Wildman–Crippen MR) is 74.1 cm³/mol. The maximum atomic E-state index is 13.4. The summed E-state index contributed by atoms with van der Waals surface area (Å²) in [5, 5.41) is 0. The molecule has 4 heteroatoms. The van der Waals surface area contributed by atoms with E-state index in [0.29, 0.717) is 17.8 Å². The van der Waals surface area contributed by atoms with Gasteiger partial charge in [-0.05, 0) is 42.3 Å². The van der Waals surface area contributed by atoms with Crippen LogP contribution in [0.1, 0.15) is 11.1 Å². The Kier molecular flexibility index (Phi) is 3.69. The van der Waals surface area contributed by atoms with Gasteiger partial charge in [0.05, 0.1) is 11.4 Å². The largest absolute Gasteiger partial charge is 0.397 e. The zero-order chi connectivity index (χ0) is 14.0. The van der Waals surface area contributed by atoms with Gasteiger partial charge < -0.3 is 10.6 Å². The molecule has 0 amide bonds. The van der Waals surface area contributed by atoms with Crippen LogP contribution in [-0.2, 0) is 6.54 Å². The second kappa shape index (κ2) is 5.26. The summed E-state index contributed by atoms with van der Waals surface area (Å²) in [5.74, 6) is -0.588. The Bertz CT molecular complexity index is 597. The molecule has 0 radical (unpaired) electrons. The lowest BCUT2D eigenvalue weighted by Crippen LogP contribution is -2.18. The molecule has 2 aromatic rings. The van der Waals surface area contributed by atoms with Crippen LogP contribution in [0.25, 0.3) is 0 Å². The van der Waals surface area contributed by atoms with Crippen LogP contribution in [0.15, 0.2) is 36.4 Å². The third-order valence-corrected chi connectivity index (χ3v) is 3.03. The van der Waals surface area contributed by atoms with Gasteiger partial charge in [-0.2, -0.15) is 0 Å². The summed E-state index contributed by atoms with van der Waals surface area (Å²) in [6.07, 6.45) is 0. The fourth-order valence-electron chi connectivity index (χ4n) is 2.01. The molecule has 2 aromatic carbocycles. The molecule has 2 nitrogen and oxygen atoms in total. The van der Waals surface area contributed by atoms with Crippen LogP contribution >= 0.6 is 0 Å². The molecule has 0 saturated carbocycles. The summed E-state index contributed by atoms with van der Waals surface area (Å²) in [4.78, 5) is 1.87. The molecular formula is C15H16F2N2. The molecule has 0 fully saturated rings. The van der Waals surface area contributed by atoms with E-state index in [0.717, 1.165) is 11.3 Å². The Morgan fingerprint density at radius 1 is 1.16 bits per heavy atom. The van der Waals surface area contributed by atoms with Crippen molar-refractivity contribution in [3.05, 3.63) is 59.2 Å². The Morgan fingerprint density at radius 3 is 2.58 bits per heavy atom. The van der Waals surface area contributed by atoms with Crippen molar-refractivity contribution < 1.29 is 8.78 Å². The Balaban J connectivity index is 2.25. The van der Waals surface area contributed by atoms with Gasteiger partial charge in [0.1, 0.15) is 11.6 Å². The summed E-state index contributed by atoms with van der Waals surface area (Å²) in [6, 6.07) is 9.39. The highest BCUT2D eigenvalue weighted by molar-refractivity contribution is 5.68. The van der Waals surface area contributed by atoms with Gasteiger partial charge in [-0.3, -0.25) is 0 Å². The van der Waals surface area contributed by atoms with E-state index >= 15 is 0 Å². The van der Waals surface area contributed by atoms with E-state index in [1.54, 1.807) is 19.1 Å². The normalized spacial score (nSPS) is 10.5. The zero-order valence-electron chi connectivity index (χ0n) is 11.0. The van der Waals surface area contributed by atoms with E-state index in [-0.39, 0.29) is 11.6 Å². The van der Waals surface area contributed by atoms with Crippen molar-refractivity contribution in [3.63, 3.8) is 0 Å². The highest BCUT2D eigenvalue weighted by Gasteiger charge is 2.10. The molecule has 100 valence electrons. The fourth-order valence-corrected chi connectivity index (χ4v) is 2.01. The highest BCUT2D eigenvalue weighted by atomic mass is 19.1. The first kappa shape index (κ1) is 13.3. The first-order valence-electron chi connectivity index (χ1n) is 5.98. The van der Waals surface area contributed by atoms with Gasteiger partial charge >= 0.3 is 0 Å². The van der Waals surface area contributed by atoms with Gasteiger partial charge in [-0.1, -0.05) is 12.1 Å². The van der Waals surface area contributed by atoms with Gasteiger partial charge in [-0.15, -0.1) is 0 Å². The van der Waals surface area contributed by atoms with Crippen LogP contribution in [0.2, 0.25) is 0 Å². The lowest BCUT2D eigenvalue weighted by molar-refractivity contribution is 0.619. The number of nitrogens with zero attached hydrogens (tertiary/aromatic N) is 1. The molecule has 0 heterocycles. The van der Waals surface area contributed by atoms with E-state index in [1.807, 2.05) is 18.0 Å². The van der Waals surface area contributed by atoms with Gasteiger partial charge in [0.25, 0.3) is 0 Å². The van der Waals surface area contributed by atoms with Crippen LogP contribution in [0.3, 0.4) is 0 Å². The summed E-state index contributed by atoms with van der Waals surface area (Å²) in [7, 11) is 1.84. The minimum Gasteiger partial charge on any atom is -0.397 e. The van der Waals surface area contributed by atoms with Crippen LogP contribution in [-0.4, -0.2) is 7.05 Å². The number of anilines is 2. The molecule has 0 unspecified atom stereocenters. The summed E-state index contributed by atoms with van der Waals surface area (Å²) >= 11 is 0. The molecule has 2 N–H and O–H groups in total. The number of nitrogen functional groups attached to an aromatic ring is 1. The van der Waals surface area contributed by atoms with Crippen molar-refractivity contribution in [3.8, 4) is 0 Å². The van der Waals surface area contributed by atoms with Gasteiger partial charge in [0, 0.05) is 13.6 Å². The number of nitrogens with two attached hydrogens (primary N) is 1. The third-order valence-electron chi connectivity index (χ3n) is 3.03. The molecule has 0 spiro atoms. The molecule has 0 bridgehead atoms. The third kappa shape index (κ3) is 3.02. The standard InChI is InChI=1S/C15H16F2N2/c1-10-6-15(14(18)8-13(10)17)19(2)9-11-4-3-5-12(16)7-11/h3-8H,9,18H2,1-2H3. The van der Waals surface area contributed by atoms with Crippen molar-refractivity contribution in [2.75, 3.05) is 17.7 Å². The Labute approximate surface area is 111 Å². The maximum absolute atomic E-state index is 13.4. The van der Waals surface area contributed by atoms with Crippen molar-refractivity contribution >= 4 is 11.4 Å². The quantitative estimate of drug-likeness (QED) is 0.858. The summed E-state index contributed by atoms with van der Waals surface area (Å²) in [5.41, 5.74) is 8.31. The second-order valence-electron chi connectivity index (χ2n) is 4.65. The smallest absolute Gasteiger partial charge is 0.128 e. The van der Waals surface area contributed by atoms with E-state index in [2.05, 4.69) is 0 Å². The lowest BCUT2D eigenvalue weighted by atomic mass is 10.1. The van der Waals surface area contributed by atoms with Crippen molar-refractivity contribution in [2.45, 2.75) is 13.5 Å². The molecule has 19 heavy (non-hydrogen) atoms. The second-order valence-corrected chi connectivity index (χ2v) is 4.65. The minimum absolute atomic E-state index is 0.269. The summed E-state index contributed by atoms with van der Waals surface area (Å²) < 4.78 is 26.5. The molecule has 0 aliphatic heterocycles. The van der Waals surface area contributed by atoms with Gasteiger partial charge in [-0.25, -0.2) is 8.78 Å². The predicted octanol–water partition coefficient (Wildman–Crippen LogP) is 3.49. The van der Waals surface area contributed by atoms with Crippen LogP contribution < -0.4 is 10.6 Å².